The summed E-state index contributed by atoms with van der Waals surface area (Å²) >= 11 is 0. The van der Waals surface area contributed by atoms with Crippen molar-refractivity contribution in [1.82, 2.24) is 0 Å². The van der Waals surface area contributed by atoms with Gasteiger partial charge in [0.15, 0.2) is 0 Å². The van der Waals surface area contributed by atoms with Crippen molar-refractivity contribution in [2.45, 2.75) is 48.5 Å². The minimum atomic E-state index is 0.700. The Balaban J connectivity index is 4.54. The van der Waals surface area contributed by atoms with Gasteiger partial charge in [-0.15, -0.1) is 0 Å². The lowest BCUT2D eigenvalue weighted by Gasteiger charge is -2.21. The van der Waals surface area contributed by atoms with Crippen LogP contribution in [-0.4, -0.2) is 0 Å². The van der Waals surface area contributed by atoms with Crippen LogP contribution in [0.5, 0.6) is 0 Å². The first-order valence-corrected chi connectivity index (χ1v) is 5.05. The molecule has 0 rings (SSSR count). The Hall–Kier alpha value is -0.260. The number of hydrogen-bond donors (Lipinski definition) is 0. The number of rotatable bonds is 3. The maximum absolute atomic E-state index is 2.33. The molecule has 1 atom stereocenters. The summed E-state index contributed by atoms with van der Waals surface area (Å²) in [5, 5.41) is 0. The summed E-state index contributed by atoms with van der Waals surface area (Å²) in [5.41, 5.74) is 3.15. The fraction of sp³-hybridized carbons (Fsp3) is 0.833. The van der Waals surface area contributed by atoms with Gasteiger partial charge in [0, 0.05) is 0 Å². The molecule has 0 amide bonds. The molecular weight excluding hydrogens is 144 g/mol. The number of allylic oxidation sites excluding steroid dienone is 2. The molecule has 1 unspecified atom stereocenters. The van der Waals surface area contributed by atoms with E-state index in [1.54, 1.807) is 11.1 Å². The molecule has 0 heteroatoms. The SMILES string of the molecule is CC(=C(C)C(C)C(C)C)C(C)C. The highest BCUT2D eigenvalue weighted by Crippen LogP contribution is 2.25. The molecule has 0 aromatic carbocycles. The van der Waals surface area contributed by atoms with Crippen molar-refractivity contribution in [3.8, 4) is 0 Å². The summed E-state index contributed by atoms with van der Waals surface area (Å²) in [4.78, 5) is 0. The predicted octanol–water partition coefficient (Wildman–Crippen LogP) is 4.27. The molecule has 0 nitrogen and oxygen atoms in total. The third kappa shape index (κ3) is 3.00. The summed E-state index contributed by atoms with van der Waals surface area (Å²) in [6.07, 6.45) is 0. The zero-order valence-corrected chi connectivity index (χ0v) is 9.73. The van der Waals surface area contributed by atoms with E-state index in [0.717, 1.165) is 11.8 Å². The average Bonchev–Trinajstić information content (AvgIpc) is 2.00. The van der Waals surface area contributed by atoms with Gasteiger partial charge in [-0.25, -0.2) is 0 Å². The molecule has 0 aliphatic carbocycles. The topological polar surface area (TPSA) is 0 Å². The van der Waals surface area contributed by atoms with E-state index in [2.05, 4.69) is 48.5 Å². The van der Waals surface area contributed by atoms with E-state index in [-0.39, 0.29) is 0 Å². The fourth-order valence-electron chi connectivity index (χ4n) is 1.31. The van der Waals surface area contributed by atoms with E-state index < -0.39 is 0 Å². The highest BCUT2D eigenvalue weighted by molar-refractivity contribution is 5.14. The molecule has 72 valence electrons. The summed E-state index contributed by atoms with van der Waals surface area (Å²) in [6, 6.07) is 0. The van der Waals surface area contributed by atoms with Gasteiger partial charge < -0.3 is 0 Å². The standard InChI is InChI=1S/C12H24/c1-8(2)10(5)12(7)11(6)9(3)4/h8-10H,1-7H3. The van der Waals surface area contributed by atoms with Crippen LogP contribution >= 0.6 is 0 Å². The Bertz CT molecular complexity index is 161. The van der Waals surface area contributed by atoms with Crippen molar-refractivity contribution in [1.29, 1.82) is 0 Å². The molecule has 0 saturated heterocycles. The van der Waals surface area contributed by atoms with Crippen LogP contribution in [0.3, 0.4) is 0 Å². The van der Waals surface area contributed by atoms with Gasteiger partial charge in [-0.05, 0) is 31.6 Å². The van der Waals surface area contributed by atoms with Gasteiger partial charge in [-0.1, -0.05) is 45.8 Å². The van der Waals surface area contributed by atoms with Gasteiger partial charge in [0.05, 0.1) is 0 Å². The van der Waals surface area contributed by atoms with Crippen LogP contribution in [0.4, 0.5) is 0 Å². The molecule has 0 aliphatic rings. The summed E-state index contributed by atoms with van der Waals surface area (Å²) in [5.74, 6) is 2.19. The Kier molecular flexibility index (Phi) is 4.59. The fourth-order valence-corrected chi connectivity index (χ4v) is 1.31. The molecule has 0 radical (unpaired) electrons. The zero-order chi connectivity index (χ0) is 9.89. The maximum atomic E-state index is 2.33. The molecular formula is C12H24. The Labute approximate surface area is 78.1 Å². The van der Waals surface area contributed by atoms with E-state index in [4.69, 9.17) is 0 Å². The first-order chi connectivity index (χ1) is 5.37. The monoisotopic (exact) mass is 168 g/mol. The lowest BCUT2D eigenvalue weighted by Crippen LogP contribution is -2.08. The van der Waals surface area contributed by atoms with Crippen molar-refractivity contribution < 1.29 is 0 Å². The Morgan fingerprint density at radius 1 is 0.750 bits per heavy atom. The zero-order valence-electron chi connectivity index (χ0n) is 9.73. The molecule has 0 aromatic rings. The maximum Gasteiger partial charge on any atom is -0.0209 e. The molecule has 12 heavy (non-hydrogen) atoms. The van der Waals surface area contributed by atoms with Gasteiger partial charge in [-0.3, -0.25) is 0 Å². The molecule has 0 aromatic heterocycles. The van der Waals surface area contributed by atoms with Crippen LogP contribution in [0.1, 0.15) is 48.5 Å². The highest BCUT2D eigenvalue weighted by Gasteiger charge is 2.12. The van der Waals surface area contributed by atoms with Crippen LogP contribution in [0, 0.1) is 17.8 Å². The van der Waals surface area contributed by atoms with Gasteiger partial charge in [-0.2, -0.15) is 0 Å². The summed E-state index contributed by atoms with van der Waals surface area (Å²) < 4.78 is 0. The molecule has 0 heterocycles. The van der Waals surface area contributed by atoms with Crippen molar-refractivity contribution >= 4 is 0 Å². The van der Waals surface area contributed by atoms with Gasteiger partial charge >= 0.3 is 0 Å². The van der Waals surface area contributed by atoms with Crippen LogP contribution in [0.15, 0.2) is 11.1 Å². The minimum Gasteiger partial charge on any atom is -0.0716 e. The average molecular weight is 168 g/mol. The second-order valence-corrected chi connectivity index (χ2v) is 4.55. The highest BCUT2D eigenvalue weighted by atomic mass is 14.2. The van der Waals surface area contributed by atoms with Crippen molar-refractivity contribution in [2.75, 3.05) is 0 Å². The van der Waals surface area contributed by atoms with Crippen LogP contribution in [0.2, 0.25) is 0 Å². The number of hydrogen-bond acceptors (Lipinski definition) is 0. The molecule has 0 fully saturated rings. The molecule has 0 saturated carbocycles. The lowest BCUT2D eigenvalue weighted by molar-refractivity contribution is 0.471. The van der Waals surface area contributed by atoms with E-state index >= 15 is 0 Å². The first-order valence-electron chi connectivity index (χ1n) is 5.05. The first kappa shape index (κ1) is 11.7. The largest absolute Gasteiger partial charge is 0.0716 e. The van der Waals surface area contributed by atoms with E-state index in [1.165, 1.54) is 0 Å². The second kappa shape index (κ2) is 4.69. The Morgan fingerprint density at radius 3 is 1.42 bits per heavy atom. The van der Waals surface area contributed by atoms with Crippen molar-refractivity contribution in [2.24, 2.45) is 17.8 Å². The summed E-state index contributed by atoms with van der Waals surface area (Å²) in [6.45, 7) is 16.0. The van der Waals surface area contributed by atoms with E-state index in [9.17, 15) is 0 Å². The molecule has 0 N–H and O–H groups in total. The van der Waals surface area contributed by atoms with Crippen LogP contribution in [-0.2, 0) is 0 Å². The van der Waals surface area contributed by atoms with E-state index in [0.29, 0.717) is 5.92 Å². The lowest BCUT2D eigenvalue weighted by atomic mass is 9.85. The normalized spacial score (nSPS) is 16.8. The quantitative estimate of drug-likeness (QED) is 0.552. The Morgan fingerprint density at radius 2 is 1.17 bits per heavy atom. The molecule has 0 spiro atoms. The molecule has 0 bridgehead atoms. The minimum absolute atomic E-state index is 0.700. The third-order valence-corrected chi connectivity index (χ3v) is 3.17. The molecule has 0 aliphatic heterocycles. The summed E-state index contributed by atoms with van der Waals surface area (Å²) in [7, 11) is 0. The van der Waals surface area contributed by atoms with Crippen molar-refractivity contribution in [3.05, 3.63) is 11.1 Å². The van der Waals surface area contributed by atoms with Crippen LogP contribution < -0.4 is 0 Å². The van der Waals surface area contributed by atoms with Gasteiger partial charge in [0.2, 0.25) is 0 Å². The third-order valence-electron chi connectivity index (χ3n) is 3.17. The van der Waals surface area contributed by atoms with Crippen LogP contribution in [0.25, 0.3) is 0 Å². The van der Waals surface area contributed by atoms with E-state index in [1.807, 2.05) is 0 Å². The van der Waals surface area contributed by atoms with Gasteiger partial charge in [0.25, 0.3) is 0 Å². The van der Waals surface area contributed by atoms with Gasteiger partial charge in [0.1, 0.15) is 0 Å². The van der Waals surface area contributed by atoms with Crippen molar-refractivity contribution in [3.63, 3.8) is 0 Å². The second-order valence-electron chi connectivity index (χ2n) is 4.55. The smallest absolute Gasteiger partial charge is 0.0209 e. The predicted molar refractivity (Wildman–Crippen MR) is 57.2 cm³/mol.